The Morgan fingerprint density at radius 3 is 2.65 bits per heavy atom. The summed E-state index contributed by atoms with van der Waals surface area (Å²) < 4.78 is 44.2. The van der Waals surface area contributed by atoms with Crippen LogP contribution < -0.4 is 4.90 Å². The second kappa shape index (κ2) is 4.91. The molecule has 1 aromatic heterocycles. The summed E-state index contributed by atoms with van der Waals surface area (Å²) in [6.07, 6.45) is 1.81. The molecular weight excluding hydrogens is 233 g/mol. The Labute approximate surface area is 97.2 Å². The zero-order chi connectivity index (χ0) is 12.4. The Morgan fingerprint density at radius 2 is 2.06 bits per heavy atom. The number of aromatic nitrogens is 1. The lowest BCUT2D eigenvalue weighted by atomic mass is 10.3. The van der Waals surface area contributed by atoms with E-state index in [0.29, 0.717) is 19.2 Å². The number of nitrogens with zero attached hydrogens (tertiary/aromatic N) is 2. The normalized spacial score (nSPS) is 15.1. The van der Waals surface area contributed by atoms with Crippen LogP contribution in [0, 0.1) is 17.6 Å². The van der Waals surface area contributed by atoms with Crippen LogP contribution in [0.2, 0.25) is 0 Å². The Hall–Kier alpha value is -1.30. The molecule has 1 aliphatic rings. The predicted molar refractivity (Wildman–Crippen MR) is 56.4 cm³/mol. The van der Waals surface area contributed by atoms with Gasteiger partial charge < -0.3 is 9.64 Å². The first kappa shape index (κ1) is 12.2. The standard InChI is InChI=1S/C11H13F3N2O/c1-17-5-4-16(7-2-3-7)11-9(13)6-8(12)10(14)15-11/h6-7H,2-5H2,1H3. The van der Waals surface area contributed by atoms with Gasteiger partial charge in [-0.1, -0.05) is 0 Å². The van der Waals surface area contributed by atoms with Crippen LogP contribution in [-0.4, -0.2) is 31.3 Å². The number of pyridine rings is 1. The van der Waals surface area contributed by atoms with E-state index in [4.69, 9.17) is 4.74 Å². The van der Waals surface area contributed by atoms with Crippen LogP contribution >= 0.6 is 0 Å². The lowest BCUT2D eigenvalue weighted by Crippen LogP contribution is -2.31. The summed E-state index contributed by atoms with van der Waals surface area (Å²) in [5.41, 5.74) is 0. The first-order valence-electron chi connectivity index (χ1n) is 5.40. The van der Waals surface area contributed by atoms with Crippen LogP contribution in [-0.2, 0) is 4.74 Å². The van der Waals surface area contributed by atoms with E-state index >= 15 is 0 Å². The highest BCUT2D eigenvalue weighted by Gasteiger charge is 2.32. The molecule has 3 nitrogen and oxygen atoms in total. The fourth-order valence-electron chi connectivity index (χ4n) is 1.67. The van der Waals surface area contributed by atoms with E-state index in [0.717, 1.165) is 12.8 Å². The SMILES string of the molecule is COCCN(c1nc(F)c(F)cc1F)C1CC1. The maximum Gasteiger partial charge on any atom is 0.251 e. The molecule has 6 heteroatoms. The minimum atomic E-state index is -1.27. The van der Waals surface area contributed by atoms with Gasteiger partial charge in [-0.2, -0.15) is 9.37 Å². The molecule has 94 valence electrons. The smallest absolute Gasteiger partial charge is 0.251 e. The van der Waals surface area contributed by atoms with Gasteiger partial charge in [0, 0.05) is 25.8 Å². The van der Waals surface area contributed by atoms with E-state index in [-0.39, 0.29) is 11.9 Å². The average molecular weight is 246 g/mol. The van der Waals surface area contributed by atoms with Crippen LogP contribution in [0.4, 0.5) is 19.0 Å². The van der Waals surface area contributed by atoms with E-state index in [1.54, 1.807) is 4.90 Å². The van der Waals surface area contributed by atoms with Crippen molar-refractivity contribution >= 4 is 5.82 Å². The Kier molecular flexibility index (Phi) is 3.51. The maximum atomic E-state index is 13.5. The molecule has 0 aliphatic heterocycles. The summed E-state index contributed by atoms with van der Waals surface area (Å²) in [7, 11) is 1.53. The highest BCUT2D eigenvalue weighted by molar-refractivity contribution is 5.43. The molecule has 0 amide bonds. The lowest BCUT2D eigenvalue weighted by molar-refractivity contribution is 0.204. The van der Waals surface area contributed by atoms with Crippen molar-refractivity contribution in [3.8, 4) is 0 Å². The number of hydrogen-bond acceptors (Lipinski definition) is 3. The average Bonchev–Trinajstić information content (AvgIpc) is 3.10. The van der Waals surface area contributed by atoms with Gasteiger partial charge in [-0.15, -0.1) is 0 Å². The van der Waals surface area contributed by atoms with Crippen LogP contribution in [0.3, 0.4) is 0 Å². The van der Waals surface area contributed by atoms with Gasteiger partial charge in [-0.05, 0) is 12.8 Å². The van der Waals surface area contributed by atoms with Gasteiger partial charge in [-0.25, -0.2) is 8.78 Å². The second-order valence-electron chi connectivity index (χ2n) is 3.98. The highest BCUT2D eigenvalue weighted by Crippen LogP contribution is 2.32. The third-order valence-electron chi connectivity index (χ3n) is 2.66. The fraction of sp³-hybridized carbons (Fsp3) is 0.545. The van der Waals surface area contributed by atoms with E-state index in [1.165, 1.54) is 7.11 Å². The van der Waals surface area contributed by atoms with Gasteiger partial charge in [0.05, 0.1) is 6.61 Å². The molecule has 0 saturated heterocycles. The van der Waals surface area contributed by atoms with Gasteiger partial charge in [0.25, 0.3) is 5.95 Å². The summed E-state index contributed by atoms with van der Waals surface area (Å²) in [6.45, 7) is 0.798. The molecule has 0 aromatic carbocycles. The molecular formula is C11H13F3N2O. The zero-order valence-corrected chi connectivity index (χ0v) is 9.42. The Morgan fingerprint density at radius 1 is 1.35 bits per heavy atom. The lowest BCUT2D eigenvalue weighted by Gasteiger charge is -2.23. The first-order chi connectivity index (χ1) is 8.13. The van der Waals surface area contributed by atoms with E-state index in [1.807, 2.05) is 0 Å². The number of hydrogen-bond donors (Lipinski definition) is 0. The largest absolute Gasteiger partial charge is 0.383 e. The Balaban J connectivity index is 2.25. The van der Waals surface area contributed by atoms with Crippen molar-refractivity contribution in [2.24, 2.45) is 0 Å². The molecule has 1 aromatic rings. The molecule has 1 saturated carbocycles. The van der Waals surface area contributed by atoms with Gasteiger partial charge in [0.2, 0.25) is 0 Å². The maximum absolute atomic E-state index is 13.5. The zero-order valence-electron chi connectivity index (χ0n) is 9.42. The van der Waals surface area contributed by atoms with Crippen LogP contribution in [0.5, 0.6) is 0 Å². The van der Waals surface area contributed by atoms with E-state index in [2.05, 4.69) is 4.98 Å². The van der Waals surface area contributed by atoms with Crippen molar-refractivity contribution in [3.63, 3.8) is 0 Å². The minimum Gasteiger partial charge on any atom is -0.383 e. The quantitative estimate of drug-likeness (QED) is 0.744. The summed E-state index contributed by atoms with van der Waals surface area (Å²) in [4.78, 5) is 4.97. The van der Waals surface area contributed by atoms with Gasteiger partial charge in [-0.3, -0.25) is 0 Å². The van der Waals surface area contributed by atoms with Crippen LogP contribution in [0.1, 0.15) is 12.8 Å². The topological polar surface area (TPSA) is 25.4 Å². The molecule has 0 spiro atoms. The molecule has 1 heterocycles. The molecule has 0 radical (unpaired) electrons. The monoisotopic (exact) mass is 246 g/mol. The number of ether oxygens (including phenoxy) is 1. The third-order valence-corrected chi connectivity index (χ3v) is 2.66. The summed E-state index contributed by atoms with van der Waals surface area (Å²) in [5, 5.41) is 0. The highest BCUT2D eigenvalue weighted by atomic mass is 19.2. The van der Waals surface area contributed by atoms with Crippen molar-refractivity contribution in [2.45, 2.75) is 18.9 Å². The van der Waals surface area contributed by atoms with Crippen molar-refractivity contribution < 1.29 is 17.9 Å². The van der Waals surface area contributed by atoms with Crippen molar-refractivity contribution in [1.29, 1.82) is 0 Å². The fourth-order valence-corrected chi connectivity index (χ4v) is 1.67. The molecule has 0 atom stereocenters. The number of rotatable bonds is 5. The summed E-state index contributed by atoms with van der Waals surface area (Å²) >= 11 is 0. The van der Waals surface area contributed by atoms with E-state index < -0.39 is 17.6 Å². The van der Waals surface area contributed by atoms with Gasteiger partial charge in [0.15, 0.2) is 17.5 Å². The molecule has 1 fully saturated rings. The molecule has 0 unspecified atom stereocenters. The predicted octanol–water partition coefficient (Wildman–Crippen LogP) is 2.11. The third kappa shape index (κ3) is 2.69. The summed E-state index contributed by atoms with van der Waals surface area (Å²) in [5.74, 6) is -3.52. The first-order valence-corrected chi connectivity index (χ1v) is 5.40. The van der Waals surface area contributed by atoms with Gasteiger partial charge >= 0.3 is 0 Å². The van der Waals surface area contributed by atoms with Crippen LogP contribution in [0.15, 0.2) is 6.07 Å². The van der Waals surface area contributed by atoms with Crippen LogP contribution in [0.25, 0.3) is 0 Å². The molecule has 1 aliphatic carbocycles. The number of halogens is 3. The molecule has 17 heavy (non-hydrogen) atoms. The minimum absolute atomic E-state index is 0.136. The molecule has 0 N–H and O–H groups in total. The number of anilines is 1. The number of methoxy groups -OCH3 is 1. The second-order valence-corrected chi connectivity index (χ2v) is 3.98. The molecule has 0 bridgehead atoms. The van der Waals surface area contributed by atoms with Crippen molar-refractivity contribution in [2.75, 3.05) is 25.2 Å². The molecule has 2 rings (SSSR count). The van der Waals surface area contributed by atoms with Crippen molar-refractivity contribution in [3.05, 3.63) is 23.6 Å². The van der Waals surface area contributed by atoms with E-state index in [9.17, 15) is 13.2 Å². The van der Waals surface area contributed by atoms with Crippen molar-refractivity contribution in [1.82, 2.24) is 4.98 Å². The summed E-state index contributed by atoms with van der Waals surface area (Å²) in [6, 6.07) is 0.678. The Bertz CT molecular complexity index is 410. The van der Waals surface area contributed by atoms with Gasteiger partial charge in [0.1, 0.15) is 0 Å².